The maximum absolute atomic E-state index is 5.97. The molecule has 0 spiro atoms. The standard InChI is InChI=1S/C9H27N7/c1-4-7(10,11)16(8(12,13)5-2)9(14,15)6-3/h4-6,10-15H2,1-3H3. The van der Waals surface area contributed by atoms with Crippen LogP contribution in [0.2, 0.25) is 0 Å². The Morgan fingerprint density at radius 1 is 0.625 bits per heavy atom. The molecule has 0 aliphatic carbocycles. The molecule has 16 heavy (non-hydrogen) atoms. The number of rotatable bonds is 6. The summed E-state index contributed by atoms with van der Waals surface area (Å²) in [5.41, 5.74) is 35.8. The molecule has 0 unspecified atom stereocenters. The Morgan fingerprint density at radius 2 is 0.812 bits per heavy atom. The van der Waals surface area contributed by atoms with Crippen LogP contribution in [0.5, 0.6) is 0 Å². The van der Waals surface area contributed by atoms with Gasteiger partial charge in [-0.15, -0.1) is 0 Å². The lowest BCUT2D eigenvalue weighted by Crippen LogP contribution is -2.85. The van der Waals surface area contributed by atoms with E-state index in [1.54, 1.807) is 0 Å². The molecule has 0 aromatic carbocycles. The highest BCUT2D eigenvalue weighted by Gasteiger charge is 2.47. The summed E-state index contributed by atoms with van der Waals surface area (Å²) in [5, 5.41) is 0. The van der Waals surface area contributed by atoms with Crippen molar-refractivity contribution in [3.63, 3.8) is 0 Å². The van der Waals surface area contributed by atoms with Crippen LogP contribution in [0.4, 0.5) is 0 Å². The van der Waals surface area contributed by atoms with Crippen LogP contribution in [0.15, 0.2) is 0 Å². The molecule has 12 N–H and O–H groups in total. The summed E-state index contributed by atoms with van der Waals surface area (Å²) in [4.78, 5) is 1.40. The molecular weight excluding hydrogens is 206 g/mol. The third kappa shape index (κ3) is 3.11. The number of hydrogen-bond acceptors (Lipinski definition) is 7. The SMILES string of the molecule is CCC(N)(N)N(C(N)(N)CC)C(N)(N)CC. The van der Waals surface area contributed by atoms with E-state index in [2.05, 4.69) is 0 Å². The summed E-state index contributed by atoms with van der Waals surface area (Å²) >= 11 is 0. The molecule has 7 heteroatoms. The van der Waals surface area contributed by atoms with Crippen LogP contribution in [0.3, 0.4) is 0 Å². The molecule has 0 aromatic heterocycles. The quantitative estimate of drug-likeness (QED) is 0.296. The molecule has 98 valence electrons. The molecule has 0 aliphatic heterocycles. The van der Waals surface area contributed by atoms with Crippen molar-refractivity contribution >= 4 is 0 Å². The molecule has 0 fully saturated rings. The second-order valence-electron chi connectivity index (χ2n) is 4.37. The normalized spacial score (nSPS) is 14.6. The molecule has 0 heterocycles. The fraction of sp³-hybridized carbons (Fsp3) is 1.00. The van der Waals surface area contributed by atoms with E-state index < -0.39 is 17.4 Å². The second-order valence-corrected chi connectivity index (χ2v) is 4.37. The minimum atomic E-state index is -1.24. The average Bonchev–Trinajstić information content (AvgIpc) is 2.16. The number of hydrogen-bond donors (Lipinski definition) is 6. The van der Waals surface area contributed by atoms with Crippen molar-refractivity contribution in [2.75, 3.05) is 0 Å². The molecule has 0 atom stereocenters. The summed E-state index contributed by atoms with van der Waals surface area (Å²) in [5.74, 6) is -3.71. The Balaban J connectivity index is 5.40. The highest BCUT2D eigenvalue weighted by molar-refractivity contribution is 4.95. The number of nitrogens with zero attached hydrogens (tertiary/aromatic N) is 1. The van der Waals surface area contributed by atoms with E-state index in [-0.39, 0.29) is 0 Å². The Morgan fingerprint density at radius 3 is 0.938 bits per heavy atom. The molecule has 7 nitrogen and oxygen atoms in total. The van der Waals surface area contributed by atoms with E-state index in [9.17, 15) is 0 Å². The lowest BCUT2D eigenvalue weighted by molar-refractivity contribution is -0.104. The van der Waals surface area contributed by atoms with E-state index in [1.807, 2.05) is 20.8 Å². The maximum atomic E-state index is 5.97. The van der Waals surface area contributed by atoms with Crippen molar-refractivity contribution in [1.82, 2.24) is 4.90 Å². The fourth-order valence-corrected chi connectivity index (χ4v) is 1.64. The Hall–Kier alpha value is -0.280. The smallest absolute Gasteiger partial charge is 0.125 e. The van der Waals surface area contributed by atoms with E-state index in [0.29, 0.717) is 19.3 Å². The van der Waals surface area contributed by atoms with Gasteiger partial charge in [0.05, 0.1) is 0 Å². The molecule has 0 amide bonds. The van der Waals surface area contributed by atoms with Crippen LogP contribution < -0.4 is 34.4 Å². The summed E-state index contributed by atoms with van der Waals surface area (Å²) in [7, 11) is 0. The van der Waals surface area contributed by atoms with Crippen molar-refractivity contribution in [3.8, 4) is 0 Å². The Bertz CT molecular complexity index is 186. The van der Waals surface area contributed by atoms with E-state index >= 15 is 0 Å². The van der Waals surface area contributed by atoms with Crippen LogP contribution in [-0.2, 0) is 0 Å². The third-order valence-corrected chi connectivity index (χ3v) is 2.95. The van der Waals surface area contributed by atoms with Gasteiger partial charge in [0.2, 0.25) is 0 Å². The molecule has 0 rings (SSSR count). The molecule has 0 aliphatic rings. The first-order valence-corrected chi connectivity index (χ1v) is 5.58. The van der Waals surface area contributed by atoms with E-state index in [0.717, 1.165) is 0 Å². The molecule has 0 saturated heterocycles. The van der Waals surface area contributed by atoms with Crippen LogP contribution in [0, 0.1) is 0 Å². The summed E-state index contributed by atoms with van der Waals surface area (Å²) in [6.07, 6.45) is 1.29. The molecule has 0 radical (unpaired) electrons. The van der Waals surface area contributed by atoms with Crippen molar-refractivity contribution in [2.45, 2.75) is 57.4 Å². The predicted octanol–water partition coefficient (Wildman–Crippen LogP) is -1.77. The zero-order valence-corrected chi connectivity index (χ0v) is 10.5. The summed E-state index contributed by atoms with van der Waals surface area (Å²) < 4.78 is 0. The monoisotopic (exact) mass is 233 g/mol. The van der Waals surface area contributed by atoms with Crippen LogP contribution >= 0.6 is 0 Å². The zero-order chi connectivity index (χ0) is 13.2. The Kier molecular flexibility index (Phi) is 4.84. The highest BCUT2D eigenvalue weighted by atomic mass is 15.6. The minimum Gasteiger partial charge on any atom is -0.301 e. The van der Waals surface area contributed by atoms with Gasteiger partial charge in [0.15, 0.2) is 0 Å². The maximum Gasteiger partial charge on any atom is 0.125 e. The van der Waals surface area contributed by atoms with Gasteiger partial charge in [-0.25, -0.2) is 4.90 Å². The molecule has 0 saturated carbocycles. The second kappa shape index (κ2) is 4.92. The summed E-state index contributed by atoms with van der Waals surface area (Å²) in [6.45, 7) is 5.47. The van der Waals surface area contributed by atoms with Crippen LogP contribution in [0.1, 0.15) is 40.0 Å². The van der Waals surface area contributed by atoms with Crippen molar-refractivity contribution < 1.29 is 0 Å². The first-order valence-electron chi connectivity index (χ1n) is 5.58. The lowest BCUT2D eigenvalue weighted by atomic mass is 10.1. The fourth-order valence-electron chi connectivity index (χ4n) is 1.64. The first-order chi connectivity index (χ1) is 7.05. The topological polar surface area (TPSA) is 159 Å². The van der Waals surface area contributed by atoms with Gasteiger partial charge in [-0.3, -0.25) is 0 Å². The number of nitrogens with two attached hydrogens (primary N) is 6. The van der Waals surface area contributed by atoms with E-state index in [4.69, 9.17) is 34.4 Å². The average molecular weight is 233 g/mol. The van der Waals surface area contributed by atoms with Crippen LogP contribution in [-0.4, -0.2) is 22.3 Å². The lowest BCUT2D eigenvalue weighted by Gasteiger charge is -2.53. The first kappa shape index (κ1) is 15.7. The van der Waals surface area contributed by atoms with Crippen molar-refractivity contribution in [3.05, 3.63) is 0 Å². The predicted molar refractivity (Wildman–Crippen MR) is 66.0 cm³/mol. The van der Waals surface area contributed by atoms with Crippen molar-refractivity contribution in [2.24, 2.45) is 34.4 Å². The van der Waals surface area contributed by atoms with Gasteiger partial charge in [0.25, 0.3) is 0 Å². The molecule has 0 bridgehead atoms. The van der Waals surface area contributed by atoms with Gasteiger partial charge in [-0.1, -0.05) is 20.8 Å². The Labute approximate surface area is 97.5 Å². The molecule has 0 aromatic rings. The van der Waals surface area contributed by atoms with Gasteiger partial charge >= 0.3 is 0 Å². The van der Waals surface area contributed by atoms with Gasteiger partial charge in [0.1, 0.15) is 17.4 Å². The van der Waals surface area contributed by atoms with E-state index in [1.165, 1.54) is 4.90 Å². The highest BCUT2D eigenvalue weighted by Crippen LogP contribution is 2.23. The summed E-state index contributed by atoms with van der Waals surface area (Å²) in [6, 6.07) is 0. The van der Waals surface area contributed by atoms with Gasteiger partial charge in [-0.05, 0) is 19.3 Å². The van der Waals surface area contributed by atoms with Crippen molar-refractivity contribution in [1.29, 1.82) is 0 Å². The largest absolute Gasteiger partial charge is 0.301 e. The zero-order valence-electron chi connectivity index (χ0n) is 10.5. The minimum absolute atomic E-state index is 0.430. The van der Waals surface area contributed by atoms with Gasteiger partial charge in [0, 0.05) is 0 Å². The molecular formula is C9H27N7. The third-order valence-electron chi connectivity index (χ3n) is 2.95. The van der Waals surface area contributed by atoms with Gasteiger partial charge in [-0.2, -0.15) is 0 Å². The van der Waals surface area contributed by atoms with Crippen LogP contribution in [0.25, 0.3) is 0 Å². The van der Waals surface area contributed by atoms with Gasteiger partial charge < -0.3 is 34.4 Å².